The first-order chi connectivity index (χ1) is 7.80. The molecule has 3 nitrogen and oxygen atoms in total. The van der Waals surface area contributed by atoms with Gasteiger partial charge in [-0.05, 0) is 31.0 Å². The van der Waals surface area contributed by atoms with E-state index in [0.717, 1.165) is 12.2 Å². The van der Waals surface area contributed by atoms with E-state index in [0.29, 0.717) is 19.8 Å². The number of hydrogen-bond acceptors (Lipinski definition) is 3. The summed E-state index contributed by atoms with van der Waals surface area (Å²) in [5.74, 6) is 0.887. The van der Waals surface area contributed by atoms with Crippen molar-refractivity contribution in [3.8, 4) is 5.75 Å². The van der Waals surface area contributed by atoms with Crippen LogP contribution in [0.1, 0.15) is 19.4 Å². The van der Waals surface area contributed by atoms with Gasteiger partial charge in [-0.25, -0.2) is 0 Å². The summed E-state index contributed by atoms with van der Waals surface area (Å²) in [6.07, 6.45) is 0.999. The SMILES string of the molecule is CCOC(CN)COc1cccc(CC)c1. The fraction of sp³-hybridized carbons (Fsp3) is 0.538. The van der Waals surface area contributed by atoms with E-state index < -0.39 is 0 Å². The van der Waals surface area contributed by atoms with Gasteiger partial charge in [-0.2, -0.15) is 0 Å². The van der Waals surface area contributed by atoms with Crippen molar-refractivity contribution in [1.29, 1.82) is 0 Å². The Kier molecular flexibility index (Phi) is 5.90. The Hall–Kier alpha value is -1.06. The summed E-state index contributed by atoms with van der Waals surface area (Å²) >= 11 is 0. The molecule has 1 aromatic carbocycles. The Morgan fingerprint density at radius 1 is 1.31 bits per heavy atom. The van der Waals surface area contributed by atoms with E-state index in [1.165, 1.54) is 5.56 Å². The normalized spacial score (nSPS) is 12.4. The van der Waals surface area contributed by atoms with Crippen LogP contribution in [0.4, 0.5) is 0 Å². The van der Waals surface area contributed by atoms with Gasteiger partial charge in [0.15, 0.2) is 0 Å². The average molecular weight is 223 g/mol. The van der Waals surface area contributed by atoms with E-state index in [9.17, 15) is 0 Å². The zero-order valence-corrected chi connectivity index (χ0v) is 10.1. The molecule has 0 saturated carbocycles. The molecular formula is C13H21NO2. The minimum atomic E-state index is -0.0183. The molecule has 90 valence electrons. The molecule has 0 radical (unpaired) electrons. The lowest BCUT2D eigenvalue weighted by Crippen LogP contribution is -2.30. The summed E-state index contributed by atoms with van der Waals surface area (Å²) in [5, 5.41) is 0. The van der Waals surface area contributed by atoms with E-state index in [-0.39, 0.29) is 6.10 Å². The number of nitrogens with two attached hydrogens (primary N) is 1. The zero-order valence-electron chi connectivity index (χ0n) is 10.1. The van der Waals surface area contributed by atoms with Gasteiger partial charge in [0.1, 0.15) is 18.5 Å². The van der Waals surface area contributed by atoms with E-state index in [1.54, 1.807) is 0 Å². The Balaban J connectivity index is 2.46. The van der Waals surface area contributed by atoms with Gasteiger partial charge in [-0.15, -0.1) is 0 Å². The fourth-order valence-electron chi connectivity index (χ4n) is 1.46. The molecule has 0 spiro atoms. The monoisotopic (exact) mass is 223 g/mol. The lowest BCUT2D eigenvalue weighted by molar-refractivity contribution is 0.0337. The van der Waals surface area contributed by atoms with Crippen LogP contribution < -0.4 is 10.5 Å². The summed E-state index contributed by atoms with van der Waals surface area (Å²) in [4.78, 5) is 0. The highest BCUT2D eigenvalue weighted by molar-refractivity contribution is 5.28. The van der Waals surface area contributed by atoms with Crippen LogP contribution in [-0.2, 0) is 11.2 Å². The summed E-state index contributed by atoms with van der Waals surface area (Å²) < 4.78 is 11.1. The second kappa shape index (κ2) is 7.25. The van der Waals surface area contributed by atoms with Gasteiger partial charge in [0, 0.05) is 13.2 Å². The van der Waals surface area contributed by atoms with Crippen LogP contribution in [0.3, 0.4) is 0 Å². The zero-order chi connectivity index (χ0) is 11.8. The molecule has 1 unspecified atom stereocenters. The van der Waals surface area contributed by atoms with Gasteiger partial charge in [0.05, 0.1) is 0 Å². The van der Waals surface area contributed by atoms with Crippen LogP contribution >= 0.6 is 0 Å². The third-order valence-electron chi connectivity index (χ3n) is 2.41. The molecular weight excluding hydrogens is 202 g/mol. The third kappa shape index (κ3) is 4.21. The number of benzene rings is 1. The summed E-state index contributed by atoms with van der Waals surface area (Å²) in [5.41, 5.74) is 6.85. The second-order valence-corrected chi connectivity index (χ2v) is 3.63. The number of aryl methyl sites for hydroxylation is 1. The molecule has 1 aromatic rings. The first kappa shape index (κ1) is 13.0. The molecule has 0 aliphatic rings. The summed E-state index contributed by atoms with van der Waals surface area (Å²) in [6, 6.07) is 8.11. The highest BCUT2D eigenvalue weighted by atomic mass is 16.5. The predicted molar refractivity (Wildman–Crippen MR) is 65.8 cm³/mol. The van der Waals surface area contributed by atoms with Gasteiger partial charge in [0.25, 0.3) is 0 Å². The Bertz CT molecular complexity index is 302. The molecule has 0 amide bonds. The van der Waals surface area contributed by atoms with Crippen molar-refractivity contribution < 1.29 is 9.47 Å². The molecule has 0 aliphatic heterocycles. The largest absolute Gasteiger partial charge is 0.491 e. The van der Waals surface area contributed by atoms with Crippen molar-refractivity contribution in [3.05, 3.63) is 29.8 Å². The fourth-order valence-corrected chi connectivity index (χ4v) is 1.46. The van der Waals surface area contributed by atoms with Crippen molar-refractivity contribution >= 4 is 0 Å². The van der Waals surface area contributed by atoms with Crippen LogP contribution in [0.25, 0.3) is 0 Å². The van der Waals surface area contributed by atoms with Crippen molar-refractivity contribution in [2.75, 3.05) is 19.8 Å². The van der Waals surface area contributed by atoms with Crippen molar-refractivity contribution in [3.63, 3.8) is 0 Å². The predicted octanol–water partition coefficient (Wildman–Crippen LogP) is 1.99. The van der Waals surface area contributed by atoms with Crippen LogP contribution in [-0.4, -0.2) is 25.9 Å². The molecule has 16 heavy (non-hydrogen) atoms. The maximum atomic E-state index is 5.65. The topological polar surface area (TPSA) is 44.5 Å². The number of rotatable bonds is 7. The average Bonchev–Trinajstić information content (AvgIpc) is 2.34. The smallest absolute Gasteiger partial charge is 0.119 e. The highest BCUT2D eigenvalue weighted by Gasteiger charge is 2.06. The molecule has 0 bridgehead atoms. The van der Waals surface area contributed by atoms with Gasteiger partial charge in [-0.3, -0.25) is 0 Å². The minimum Gasteiger partial charge on any atom is -0.491 e. The first-order valence-corrected chi connectivity index (χ1v) is 5.83. The molecule has 0 aromatic heterocycles. The summed E-state index contributed by atoms with van der Waals surface area (Å²) in [7, 11) is 0. The lowest BCUT2D eigenvalue weighted by Gasteiger charge is -2.16. The molecule has 0 heterocycles. The first-order valence-electron chi connectivity index (χ1n) is 5.83. The molecule has 1 rings (SSSR count). The van der Waals surface area contributed by atoms with E-state index in [4.69, 9.17) is 15.2 Å². The standard InChI is InChI=1S/C13H21NO2/c1-3-11-6-5-7-12(8-11)16-10-13(9-14)15-4-2/h5-8,13H,3-4,9-10,14H2,1-2H3. The maximum Gasteiger partial charge on any atom is 0.119 e. The van der Waals surface area contributed by atoms with Crippen molar-refractivity contribution in [1.82, 2.24) is 0 Å². The highest BCUT2D eigenvalue weighted by Crippen LogP contribution is 2.14. The Labute approximate surface area is 97.6 Å². The van der Waals surface area contributed by atoms with Crippen LogP contribution in [0.15, 0.2) is 24.3 Å². The molecule has 0 fully saturated rings. The van der Waals surface area contributed by atoms with Gasteiger partial charge >= 0.3 is 0 Å². The van der Waals surface area contributed by atoms with Crippen LogP contribution in [0, 0.1) is 0 Å². The second-order valence-electron chi connectivity index (χ2n) is 3.63. The van der Waals surface area contributed by atoms with Gasteiger partial charge in [-0.1, -0.05) is 19.1 Å². The van der Waals surface area contributed by atoms with Crippen LogP contribution in [0.2, 0.25) is 0 Å². The maximum absolute atomic E-state index is 5.65. The molecule has 2 N–H and O–H groups in total. The number of ether oxygens (including phenoxy) is 2. The molecule has 0 saturated heterocycles. The third-order valence-corrected chi connectivity index (χ3v) is 2.41. The Morgan fingerprint density at radius 2 is 2.12 bits per heavy atom. The molecule has 3 heteroatoms. The van der Waals surface area contributed by atoms with Crippen molar-refractivity contribution in [2.45, 2.75) is 26.4 Å². The molecule has 0 aliphatic carbocycles. The van der Waals surface area contributed by atoms with E-state index >= 15 is 0 Å². The van der Waals surface area contributed by atoms with Gasteiger partial charge in [0.2, 0.25) is 0 Å². The minimum absolute atomic E-state index is 0.0183. The summed E-state index contributed by atoms with van der Waals surface area (Å²) in [6.45, 7) is 5.75. The van der Waals surface area contributed by atoms with Crippen LogP contribution in [0.5, 0.6) is 5.75 Å². The molecule has 1 atom stereocenters. The van der Waals surface area contributed by atoms with E-state index in [1.807, 2.05) is 19.1 Å². The van der Waals surface area contributed by atoms with Crippen molar-refractivity contribution in [2.24, 2.45) is 5.73 Å². The lowest BCUT2D eigenvalue weighted by atomic mass is 10.2. The van der Waals surface area contributed by atoms with Gasteiger partial charge < -0.3 is 15.2 Å². The quantitative estimate of drug-likeness (QED) is 0.769. The van der Waals surface area contributed by atoms with E-state index in [2.05, 4.69) is 19.1 Å². The Morgan fingerprint density at radius 3 is 2.75 bits per heavy atom. The number of hydrogen-bond donors (Lipinski definition) is 1.